The van der Waals surface area contributed by atoms with E-state index in [1.54, 1.807) is 6.20 Å². The van der Waals surface area contributed by atoms with E-state index in [0.717, 1.165) is 31.6 Å². The molecular weight excluding hydrogens is 336 g/mol. The first-order chi connectivity index (χ1) is 13.0. The number of nitrogens with one attached hydrogen (secondary N) is 1. The molecule has 1 N–H and O–H groups in total. The van der Waals surface area contributed by atoms with Crippen LogP contribution in [0.2, 0.25) is 0 Å². The molecule has 0 bridgehead atoms. The number of aryl methyl sites for hydroxylation is 2. The number of nitrogens with zero attached hydrogens (tertiary/aromatic N) is 3. The Kier molecular flexibility index (Phi) is 3.54. The lowest BCUT2D eigenvalue weighted by Crippen LogP contribution is -2.63. The molecule has 2 aliphatic rings. The largest absolute Gasteiger partial charge is 0.357 e. The summed E-state index contributed by atoms with van der Waals surface area (Å²) < 4.78 is 2.13. The summed E-state index contributed by atoms with van der Waals surface area (Å²) in [5.41, 5.74) is 5.77. The first kappa shape index (κ1) is 16.4. The van der Waals surface area contributed by atoms with Gasteiger partial charge in [0, 0.05) is 36.3 Å². The molecule has 1 aliphatic heterocycles. The summed E-state index contributed by atoms with van der Waals surface area (Å²) in [6.07, 6.45) is 4.08. The van der Waals surface area contributed by atoms with Gasteiger partial charge in [-0.15, -0.1) is 0 Å². The van der Waals surface area contributed by atoms with E-state index in [4.69, 9.17) is 5.10 Å². The van der Waals surface area contributed by atoms with E-state index >= 15 is 0 Å². The van der Waals surface area contributed by atoms with E-state index < -0.39 is 0 Å². The van der Waals surface area contributed by atoms with Crippen LogP contribution in [0.5, 0.6) is 0 Å². The summed E-state index contributed by atoms with van der Waals surface area (Å²) in [5.74, 6) is 0.642. The fourth-order valence-electron chi connectivity index (χ4n) is 4.80. The van der Waals surface area contributed by atoms with Gasteiger partial charge in [0.25, 0.3) is 5.91 Å². The van der Waals surface area contributed by atoms with Crippen LogP contribution in [0.3, 0.4) is 0 Å². The highest BCUT2D eigenvalue weighted by Gasteiger charge is 2.54. The summed E-state index contributed by atoms with van der Waals surface area (Å²) >= 11 is 0. The molecule has 0 atom stereocenters. The van der Waals surface area contributed by atoms with Crippen molar-refractivity contribution in [3.05, 3.63) is 71.3 Å². The molecule has 1 spiro atoms. The summed E-state index contributed by atoms with van der Waals surface area (Å²) in [5, 5.41) is 4.76. The molecule has 2 aromatic heterocycles. The molecule has 27 heavy (non-hydrogen) atoms. The minimum Gasteiger partial charge on any atom is -0.357 e. The molecular formula is C22H24N4O. The van der Waals surface area contributed by atoms with E-state index in [1.165, 1.54) is 16.9 Å². The maximum atomic E-state index is 12.4. The Hall–Kier alpha value is -2.82. The molecule has 1 aliphatic carbocycles. The number of carbonyl (C=O) groups is 1. The lowest BCUT2D eigenvalue weighted by Gasteiger charge is -2.59. The molecule has 3 heterocycles. The minimum absolute atomic E-state index is 0.120. The summed E-state index contributed by atoms with van der Waals surface area (Å²) in [6, 6.07) is 14.4. The average Bonchev–Trinajstić information content (AvgIpc) is 3.22. The first-order valence-electron chi connectivity index (χ1n) is 9.60. The molecule has 5 rings (SSSR count). The van der Waals surface area contributed by atoms with Crippen molar-refractivity contribution < 1.29 is 4.79 Å². The number of aromatic nitrogens is 3. The third-order valence-corrected chi connectivity index (χ3v) is 6.15. The Morgan fingerprint density at radius 1 is 1.15 bits per heavy atom. The standard InChI is InChI=1S/C22H24N4O/c1-15-6-3-4-8-19(15)26-20(10-16(2)24-26)17-11-22(12-17)13-25(14-22)21(27)18-7-5-9-23-18/h3-10,17,23H,11-14H2,1-2H3. The Bertz CT molecular complexity index is 987. The van der Waals surface area contributed by atoms with Crippen LogP contribution in [0.15, 0.2) is 48.7 Å². The predicted octanol–water partition coefficient (Wildman–Crippen LogP) is 3.84. The topological polar surface area (TPSA) is 53.9 Å². The third kappa shape index (κ3) is 2.60. The van der Waals surface area contributed by atoms with Crippen LogP contribution < -0.4 is 0 Å². The molecule has 5 nitrogen and oxygen atoms in total. The van der Waals surface area contributed by atoms with Gasteiger partial charge in [-0.05, 0) is 56.5 Å². The number of amides is 1. The second kappa shape index (κ2) is 5.84. The van der Waals surface area contributed by atoms with E-state index in [0.29, 0.717) is 17.0 Å². The number of likely N-dealkylation sites (tertiary alicyclic amines) is 1. The Morgan fingerprint density at radius 3 is 2.63 bits per heavy atom. The molecule has 1 aromatic carbocycles. The first-order valence-corrected chi connectivity index (χ1v) is 9.60. The Morgan fingerprint density at radius 2 is 1.93 bits per heavy atom. The van der Waals surface area contributed by atoms with Crippen LogP contribution in [0.4, 0.5) is 0 Å². The van der Waals surface area contributed by atoms with Crippen molar-refractivity contribution in [2.75, 3.05) is 13.1 Å². The molecule has 5 heteroatoms. The van der Waals surface area contributed by atoms with Gasteiger partial charge in [0.1, 0.15) is 5.69 Å². The molecule has 3 aromatic rings. The Labute approximate surface area is 159 Å². The van der Waals surface area contributed by atoms with Gasteiger partial charge in [-0.2, -0.15) is 5.10 Å². The number of aromatic amines is 1. The minimum atomic E-state index is 0.120. The van der Waals surface area contributed by atoms with Crippen molar-refractivity contribution in [3.8, 4) is 5.69 Å². The summed E-state index contributed by atoms with van der Waals surface area (Å²) in [7, 11) is 0. The van der Waals surface area contributed by atoms with Crippen LogP contribution >= 0.6 is 0 Å². The van der Waals surface area contributed by atoms with Gasteiger partial charge < -0.3 is 9.88 Å². The SMILES string of the molecule is Cc1cc(C2CC3(C2)CN(C(=O)c2ccc[nH]2)C3)n(-c2ccccc2C)n1. The number of hydrogen-bond donors (Lipinski definition) is 1. The van der Waals surface area contributed by atoms with Crippen molar-refractivity contribution in [2.45, 2.75) is 32.6 Å². The van der Waals surface area contributed by atoms with Crippen LogP contribution in [-0.4, -0.2) is 38.7 Å². The molecule has 1 saturated heterocycles. The average molecular weight is 360 g/mol. The highest BCUT2D eigenvalue weighted by atomic mass is 16.2. The third-order valence-electron chi connectivity index (χ3n) is 6.15. The maximum absolute atomic E-state index is 12.4. The van der Waals surface area contributed by atoms with Gasteiger partial charge >= 0.3 is 0 Å². The van der Waals surface area contributed by atoms with E-state index in [9.17, 15) is 4.79 Å². The zero-order valence-corrected chi connectivity index (χ0v) is 15.8. The van der Waals surface area contributed by atoms with E-state index in [-0.39, 0.29) is 5.91 Å². The van der Waals surface area contributed by atoms with E-state index in [1.807, 2.05) is 17.0 Å². The van der Waals surface area contributed by atoms with E-state index in [2.05, 4.69) is 53.8 Å². The molecule has 1 saturated carbocycles. The normalized spacial score (nSPS) is 18.4. The second-order valence-corrected chi connectivity index (χ2v) is 8.26. The number of rotatable bonds is 3. The van der Waals surface area contributed by atoms with Crippen LogP contribution in [0.1, 0.15) is 46.2 Å². The summed E-state index contributed by atoms with van der Waals surface area (Å²) in [4.78, 5) is 17.4. The molecule has 2 fully saturated rings. The summed E-state index contributed by atoms with van der Waals surface area (Å²) in [6.45, 7) is 5.94. The number of para-hydroxylation sites is 1. The molecule has 138 valence electrons. The van der Waals surface area contributed by atoms with Crippen molar-refractivity contribution in [1.82, 2.24) is 19.7 Å². The van der Waals surface area contributed by atoms with Gasteiger partial charge in [0.2, 0.25) is 0 Å². The highest BCUT2D eigenvalue weighted by molar-refractivity contribution is 5.93. The number of carbonyl (C=O) groups excluding carboxylic acids is 1. The quantitative estimate of drug-likeness (QED) is 0.772. The molecule has 1 amide bonds. The van der Waals surface area contributed by atoms with Crippen molar-refractivity contribution in [2.24, 2.45) is 5.41 Å². The van der Waals surface area contributed by atoms with Crippen LogP contribution in [0.25, 0.3) is 5.69 Å². The Balaban J connectivity index is 1.30. The van der Waals surface area contributed by atoms with Crippen molar-refractivity contribution >= 4 is 5.91 Å². The zero-order chi connectivity index (χ0) is 18.6. The number of H-pyrrole nitrogens is 1. The van der Waals surface area contributed by atoms with Gasteiger partial charge in [0.05, 0.1) is 11.4 Å². The van der Waals surface area contributed by atoms with Gasteiger partial charge in [-0.1, -0.05) is 18.2 Å². The van der Waals surface area contributed by atoms with Gasteiger partial charge in [-0.3, -0.25) is 4.79 Å². The molecule has 0 radical (unpaired) electrons. The smallest absolute Gasteiger partial charge is 0.270 e. The number of hydrogen-bond acceptors (Lipinski definition) is 2. The fraction of sp³-hybridized carbons (Fsp3) is 0.364. The molecule has 0 unspecified atom stereocenters. The zero-order valence-electron chi connectivity index (χ0n) is 15.8. The van der Waals surface area contributed by atoms with Crippen molar-refractivity contribution in [3.63, 3.8) is 0 Å². The van der Waals surface area contributed by atoms with Crippen LogP contribution in [-0.2, 0) is 0 Å². The lowest BCUT2D eigenvalue weighted by atomic mass is 9.57. The predicted molar refractivity (Wildman–Crippen MR) is 104 cm³/mol. The maximum Gasteiger partial charge on any atom is 0.270 e. The monoisotopic (exact) mass is 360 g/mol. The van der Waals surface area contributed by atoms with Gasteiger partial charge in [-0.25, -0.2) is 4.68 Å². The highest BCUT2D eigenvalue weighted by Crippen LogP contribution is 2.56. The van der Waals surface area contributed by atoms with Gasteiger partial charge in [0.15, 0.2) is 0 Å². The van der Waals surface area contributed by atoms with Crippen molar-refractivity contribution in [1.29, 1.82) is 0 Å². The van der Waals surface area contributed by atoms with Crippen LogP contribution in [0, 0.1) is 19.3 Å². The lowest BCUT2D eigenvalue weighted by molar-refractivity contribution is -0.0567. The fourth-order valence-corrected chi connectivity index (χ4v) is 4.80. The number of benzene rings is 1. The second-order valence-electron chi connectivity index (χ2n) is 8.26.